The Labute approximate surface area is 107 Å². The van der Waals surface area contributed by atoms with Crippen molar-refractivity contribution in [1.29, 1.82) is 0 Å². The van der Waals surface area contributed by atoms with Crippen LogP contribution >= 0.6 is 11.6 Å². The van der Waals surface area contributed by atoms with E-state index in [0.29, 0.717) is 5.92 Å². The van der Waals surface area contributed by atoms with Crippen molar-refractivity contribution >= 4 is 11.6 Å². The van der Waals surface area contributed by atoms with Crippen molar-refractivity contribution in [3.63, 3.8) is 0 Å². The van der Waals surface area contributed by atoms with Gasteiger partial charge in [-0.3, -0.25) is 4.90 Å². The van der Waals surface area contributed by atoms with E-state index < -0.39 is 0 Å². The Bertz CT molecular complexity index is 384. The topological polar surface area (TPSA) is 38.5 Å². The van der Waals surface area contributed by atoms with Crippen LogP contribution in [0, 0.1) is 5.92 Å². The van der Waals surface area contributed by atoms with Crippen LogP contribution in [0.2, 0.25) is 5.02 Å². The average Bonchev–Trinajstić information content (AvgIpc) is 2.79. The molecule has 1 unspecified atom stereocenters. The lowest BCUT2D eigenvalue weighted by atomic mass is 10.1. The molecule has 2 N–H and O–H groups in total. The number of ether oxygens (including phenoxy) is 1. The fourth-order valence-corrected chi connectivity index (χ4v) is 2.58. The molecule has 0 radical (unpaired) electrons. The van der Waals surface area contributed by atoms with Crippen molar-refractivity contribution in [2.45, 2.75) is 13.0 Å². The van der Waals surface area contributed by atoms with E-state index in [0.717, 1.165) is 42.5 Å². The van der Waals surface area contributed by atoms with Gasteiger partial charge in [0.05, 0.1) is 7.11 Å². The summed E-state index contributed by atoms with van der Waals surface area (Å²) in [5.41, 5.74) is 6.78. The van der Waals surface area contributed by atoms with E-state index in [2.05, 4.69) is 4.90 Å². The molecular weight excluding hydrogens is 236 g/mol. The molecule has 0 saturated carbocycles. The molecule has 1 aliphatic rings. The third-order valence-electron chi connectivity index (χ3n) is 3.38. The maximum atomic E-state index is 6.23. The van der Waals surface area contributed by atoms with Gasteiger partial charge in [-0.05, 0) is 37.6 Å². The minimum absolute atomic E-state index is 0.628. The molecule has 0 aliphatic carbocycles. The smallest absolute Gasteiger partial charge is 0.124 e. The van der Waals surface area contributed by atoms with Crippen LogP contribution < -0.4 is 10.5 Å². The van der Waals surface area contributed by atoms with Crippen molar-refractivity contribution in [1.82, 2.24) is 4.90 Å². The highest BCUT2D eigenvalue weighted by Crippen LogP contribution is 2.29. The summed E-state index contributed by atoms with van der Waals surface area (Å²) in [5, 5.41) is 0.778. The van der Waals surface area contributed by atoms with Crippen LogP contribution in [0.1, 0.15) is 12.0 Å². The predicted molar refractivity (Wildman–Crippen MR) is 70.4 cm³/mol. The van der Waals surface area contributed by atoms with Gasteiger partial charge in [0.1, 0.15) is 5.75 Å². The van der Waals surface area contributed by atoms with E-state index in [1.54, 1.807) is 7.11 Å². The lowest BCUT2D eigenvalue weighted by Crippen LogP contribution is -2.23. The second kappa shape index (κ2) is 5.71. The van der Waals surface area contributed by atoms with Crippen LogP contribution in [-0.2, 0) is 6.54 Å². The molecule has 3 nitrogen and oxygen atoms in total. The second-order valence-corrected chi connectivity index (χ2v) is 4.95. The van der Waals surface area contributed by atoms with Crippen LogP contribution in [0.15, 0.2) is 18.2 Å². The number of nitrogens with two attached hydrogens (primary N) is 1. The van der Waals surface area contributed by atoms with Gasteiger partial charge in [0.25, 0.3) is 0 Å². The number of rotatable bonds is 4. The van der Waals surface area contributed by atoms with Gasteiger partial charge in [-0.15, -0.1) is 0 Å². The lowest BCUT2D eigenvalue weighted by Gasteiger charge is -2.18. The fourth-order valence-electron chi connectivity index (χ4n) is 2.36. The molecule has 0 amide bonds. The molecule has 0 aromatic heterocycles. The van der Waals surface area contributed by atoms with Gasteiger partial charge >= 0.3 is 0 Å². The Morgan fingerprint density at radius 3 is 3.00 bits per heavy atom. The van der Waals surface area contributed by atoms with Crippen molar-refractivity contribution < 1.29 is 4.74 Å². The van der Waals surface area contributed by atoms with Crippen LogP contribution in [0.3, 0.4) is 0 Å². The fraction of sp³-hybridized carbons (Fsp3) is 0.538. The highest BCUT2D eigenvalue weighted by atomic mass is 35.5. The minimum Gasteiger partial charge on any atom is -0.496 e. The third kappa shape index (κ3) is 2.92. The van der Waals surface area contributed by atoms with Crippen molar-refractivity contribution in [2.75, 3.05) is 26.7 Å². The molecule has 0 bridgehead atoms. The Morgan fingerprint density at radius 1 is 1.53 bits per heavy atom. The van der Waals surface area contributed by atoms with Crippen molar-refractivity contribution in [2.24, 2.45) is 11.7 Å². The number of nitrogens with zero attached hydrogens (tertiary/aromatic N) is 1. The summed E-state index contributed by atoms with van der Waals surface area (Å²) in [7, 11) is 1.68. The summed E-state index contributed by atoms with van der Waals surface area (Å²) >= 11 is 6.23. The molecule has 1 aromatic rings. The molecule has 1 fully saturated rings. The predicted octanol–water partition coefficient (Wildman–Crippen LogP) is 2.13. The minimum atomic E-state index is 0.628. The van der Waals surface area contributed by atoms with E-state index in [-0.39, 0.29) is 0 Å². The molecule has 1 atom stereocenters. The molecule has 4 heteroatoms. The van der Waals surface area contributed by atoms with E-state index in [4.69, 9.17) is 22.1 Å². The number of benzene rings is 1. The zero-order chi connectivity index (χ0) is 12.3. The number of methoxy groups -OCH3 is 1. The molecule has 2 rings (SSSR count). The Balaban J connectivity index is 2.08. The van der Waals surface area contributed by atoms with Gasteiger partial charge in [0, 0.05) is 23.7 Å². The van der Waals surface area contributed by atoms with Crippen molar-refractivity contribution in [3.8, 4) is 5.75 Å². The van der Waals surface area contributed by atoms with Gasteiger partial charge in [-0.1, -0.05) is 17.7 Å². The summed E-state index contributed by atoms with van der Waals surface area (Å²) in [6.07, 6.45) is 1.18. The lowest BCUT2D eigenvalue weighted by molar-refractivity contribution is 0.309. The van der Waals surface area contributed by atoms with Crippen LogP contribution in [0.4, 0.5) is 0 Å². The molecule has 94 valence electrons. The number of hydrogen-bond acceptors (Lipinski definition) is 3. The number of likely N-dealkylation sites (tertiary alicyclic amines) is 1. The largest absolute Gasteiger partial charge is 0.496 e. The zero-order valence-electron chi connectivity index (χ0n) is 10.2. The van der Waals surface area contributed by atoms with E-state index in [9.17, 15) is 0 Å². The maximum absolute atomic E-state index is 6.23. The van der Waals surface area contributed by atoms with Gasteiger partial charge in [0.2, 0.25) is 0 Å². The summed E-state index contributed by atoms with van der Waals surface area (Å²) in [6.45, 7) is 3.77. The first-order valence-electron chi connectivity index (χ1n) is 5.98. The van der Waals surface area contributed by atoms with Gasteiger partial charge in [-0.2, -0.15) is 0 Å². The standard InChI is InChI=1S/C13H19ClN2O/c1-17-13-4-2-3-12(14)11(13)9-16-6-5-10(7-15)8-16/h2-4,10H,5-9,15H2,1H3. The summed E-state index contributed by atoms with van der Waals surface area (Å²) in [4.78, 5) is 2.39. The average molecular weight is 255 g/mol. The third-order valence-corrected chi connectivity index (χ3v) is 3.73. The normalized spacial score (nSPS) is 20.8. The first-order chi connectivity index (χ1) is 8.24. The zero-order valence-corrected chi connectivity index (χ0v) is 10.9. The monoisotopic (exact) mass is 254 g/mol. The molecule has 1 heterocycles. The molecule has 1 saturated heterocycles. The molecular formula is C13H19ClN2O. The summed E-state index contributed by atoms with van der Waals surface area (Å²) in [5.74, 6) is 1.50. The van der Waals surface area contributed by atoms with Crippen LogP contribution in [-0.4, -0.2) is 31.6 Å². The van der Waals surface area contributed by atoms with Crippen LogP contribution in [0.5, 0.6) is 5.75 Å². The molecule has 0 spiro atoms. The first-order valence-corrected chi connectivity index (χ1v) is 6.36. The summed E-state index contributed by atoms with van der Waals surface area (Å²) < 4.78 is 5.35. The van der Waals surface area contributed by atoms with Crippen molar-refractivity contribution in [3.05, 3.63) is 28.8 Å². The molecule has 17 heavy (non-hydrogen) atoms. The Morgan fingerprint density at radius 2 is 2.35 bits per heavy atom. The first kappa shape index (κ1) is 12.7. The van der Waals surface area contributed by atoms with Gasteiger partial charge in [-0.25, -0.2) is 0 Å². The maximum Gasteiger partial charge on any atom is 0.124 e. The number of halogens is 1. The second-order valence-electron chi connectivity index (χ2n) is 4.55. The Hall–Kier alpha value is -0.770. The highest BCUT2D eigenvalue weighted by Gasteiger charge is 2.22. The van der Waals surface area contributed by atoms with Gasteiger partial charge in [0.15, 0.2) is 0 Å². The van der Waals surface area contributed by atoms with Crippen LogP contribution in [0.25, 0.3) is 0 Å². The van der Waals surface area contributed by atoms with E-state index in [1.165, 1.54) is 6.42 Å². The van der Waals surface area contributed by atoms with E-state index >= 15 is 0 Å². The van der Waals surface area contributed by atoms with Gasteiger partial charge < -0.3 is 10.5 Å². The summed E-state index contributed by atoms with van der Waals surface area (Å²) in [6, 6.07) is 5.78. The molecule has 1 aliphatic heterocycles. The Kier molecular flexibility index (Phi) is 4.26. The number of hydrogen-bond donors (Lipinski definition) is 1. The quantitative estimate of drug-likeness (QED) is 0.895. The highest BCUT2D eigenvalue weighted by molar-refractivity contribution is 6.31. The SMILES string of the molecule is COc1cccc(Cl)c1CN1CCC(CN)C1. The van der Waals surface area contributed by atoms with E-state index in [1.807, 2.05) is 18.2 Å². The molecule has 1 aromatic carbocycles.